The van der Waals surface area contributed by atoms with Crippen LogP contribution in [-0.4, -0.2) is 29.6 Å². The number of benzene rings is 1. The summed E-state index contributed by atoms with van der Waals surface area (Å²) in [5.74, 6) is 0.875. The lowest BCUT2D eigenvalue weighted by Crippen LogP contribution is -2.37. The van der Waals surface area contributed by atoms with E-state index >= 15 is 0 Å². The lowest BCUT2D eigenvalue weighted by atomic mass is 10.2. The number of amides is 2. The van der Waals surface area contributed by atoms with E-state index in [1.54, 1.807) is 11.9 Å². The van der Waals surface area contributed by atoms with Gasteiger partial charge in [0.1, 0.15) is 5.82 Å². The van der Waals surface area contributed by atoms with Crippen molar-refractivity contribution < 1.29 is 4.79 Å². The fourth-order valence-electron chi connectivity index (χ4n) is 1.80. The number of hydrogen-bond donors (Lipinski definition) is 2. The van der Waals surface area contributed by atoms with Crippen molar-refractivity contribution in [1.82, 2.24) is 15.3 Å². The van der Waals surface area contributed by atoms with Crippen molar-refractivity contribution in [2.75, 3.05) is 18.5 Å². The van der Waals surface area contributed by atoms with E-state index in [1.165, 1.54) is 0 Å². The van der Waals surface area contributed by atoms with E-state index in [-0.39, 0.29) is 6.03 Å². The van der Waals surface area contributed by atoms with E-state index < -0.39 is 0 Å². The minimum Gasteiger partial charge on any atom is -0.342 e. The zero-order valence-corrected chi connectivity index (χ0v) is 10.9. The van der Waals surface area contributed by atoms with Gasteiger partial charge in [0, 0.05) is 19.3 Å². The maximum absolute atomic E-state index is 11.8. The number of urea groups is 1. The molecular weight excluding hydrogens is 228 g/mol. The number of carbonyl (C=O) groups is 1. The van der Waals surface area contributed by atoms with Gasteiger partial charge in [0.25, 0.3) is 0 Å². The zero-order valence-electron chi connectivity index (χ0n) is 10.9. The molecule has 1 aromatic heterocycles. The molecule has 0 aliphatic heterocycles. The number of aryl methyl sites for hydroxylation is 1. The van der Waals surface area contributed by atoms with Crippen molar-refractivity contribution in [3.63, 3.8) is 0 Å². The second-order valence-electron chi connectivity index (χ2n) is 4.31. The van der Waals surface area contributed by atoms with E-state index in [2.05, 4.69) is 15.3 Å². The molecule has 0 bridgehead atoms. The Kier molecular flexibility index (Phi) is 3.50. The van der Waals surface area contributed by atoms with Crippen LogP contribution in [0.2, 0.25) is 0 Å². The molecule has 1 aromatic carbocycles. The fourth-order valence-corrected chi connectivity index (χ4v) is 1.80. The standard InChI is InChI=1S/C13H18N4O/c1-4-7-14-13(18)17(3)10-5-6-11-12(8-10)16-9(2)15-11/h5-6,8H,4,7H2,1-3H3,(H,14,18)(H,15,16). The van der Waals surface area contributed by atoms with Gasteiger partial charge in [0.05, 0.1) is 11.0 Å². The maximum atomic E-state index is 11.8. The molecule has 0 saturated heterocycles. The van der Waals surface area contributed by atoms with Gasteiger partial charge in [0.15, 0.2) is 0 Å². The van der Waals surface area contributed by atoms with Gasteiger partial charge >= 0.3 is 6.03 Å². The van der Waals surface area contributed by atoms with Crippen LogP contribution >= 0.6 is 0 Å². The molecule has 5 nitrogen and oxygen atoms in total. The lowest BCUT2D eigenvalue weighted by molar-refractivity contribution is 0.247. The van der Waals surface area contributed by atoms with E-state index in [0.717, 1.165) is 29.0 Å². The number of H-pyrrole nitrogens is 1. The summed E-state index contributed by atoms with van der Waals surface area (Å²) in [5.41, 5.74) is 2.71. The molecular formula is C13H18N4O. The molecule has 0 unspecified atom stereocenters. The van der Waals surface area contributed by atoms with Gasteiger partial charge in [-0.3, -0.25) is 4.90 Å². The molecule has 2 N–H and O–H groups in total. The summed E-state index contributed by atoms with van der Waals surface area (Å²) >= 11 is 0. The average Bonchev–Trinajstić information content (AvgIpc) is 2.73. The van der Waals surface area contributed by atoms with Crippen LogP contribution in [0.4, 0.5) is 10.5 Å². The molecule has 0 saturated carbocycles. The predicted octanol–water partition coefficient (Wildman–Crippen LogP) is 2.43. The molecule has 2 amide bonds. The molecule has 2 aromatic rings. The highest BCUT2D eigenvalue weighted by Crippen LogP contribution is 2.19. The van der Waals surface area contributed by atoms with Crippen molar-refractivity contribution in [3.8, 4) is 0 Å². The summed E-state index contributed by atoms with van der Waals surface area (Å²) in [5, 5.41) is 2.85. The third kappa shape index (κ3) is 2.45. The largest absolute Gasteiger partial charge is 0.342 e. The summed E-state index contributed by atoms with van der Waals surface area (Å²) in [6, 6.07) is 5.65. The van der Waals surface area contributed by atoms with Gasteiger partial charge in [-0.05, 0) is 31.5 Å². The lowest BCUT2D eigenvalue weighted by Gasteiger charge is -2.17. The van der Waals surface area contributed by atoms with Gasteiger partial charge in [-0.25, -0.2) is 9.78 Å². The Hall–Kier alpha value is -2.04. The van der Waals surface area contributed by atoms with Gasteiger partial charge in [-0.15, -0.1) is 0 Å². The highest BCUT2D eigenvalue weighted by molar-refractivity contribution is 5.93. The maximum Gasteiger partial charge on any atom is 0.321 e. The quantitative estimate of drug-likeness (QED) is 0.873. The minimum absolute atomic E-state index is 0.0903. The summed E-state index contributed by atoms with van der Waals surface area (Å²) in [7, 11) is 1.76. The number of carbonyl (C=O) groups excluding carboxylic acids is 1. The third-order valence-corrected chi connectivity index (χ3v) is 2.80. The highest BCUT2D eigenvalue weighted by Gasteiger charge is 2.11. The predicted molar refractivity (Wildman–Crippen MR) is 72.9 cm³/mol. The van der Waals surface area contributed by atoms with Gasteiger partial charge in [-0.1, -0.05) is 6.92 Å². The SMILES string of the molecule is CCCNC(=O)N(C)c1ccc2nc(C)[nH]c2c1. The van der Waals surface area contributed by atoms with Crippen LogP contribution in [0.3, 0.4) is 0 Å². The third-order valence-electron chi connectivity index (χ3n) is 2.80. The molecule has 18 heavy (non-hydrogen) atoms. The molecule has 2 rings (SSSR count). The molecule has 96 valence electrons. The van der Waals surface area contributed by atoms with Crippen molar-refractivity contribution >= 4 is 22.8 Å². The van der Waals surface area contributed by atoms with Crippen molar-refractivity contribution in [2.45, 2.75) is 20.3 Å². The first-order chi connectivity index (χ1) is 8.61. The van der Waals surface area contributed by atoms with E-state index in [9.17, 15) is 4.79 Å². The number of aromatic nitrogens is 2. The van der Waals surface area contributed by atoms with Gasteiger partial charge in [-0.2, -0.15) is 0 Å². The number of fused-ring (bicyclic) bond motifs is 1. The van der Waals surface area contributed by atoms with Crippen molar-refractivity contribution in [3.05, 3.63) is 24.0 Å². The average molecular weight is 246 g/mol. The van der Waals surface area contributed by atoms with Crippen LogP contribution in [0.25, 0.3) is 11.0 Å². The van der Waals surface area contributed by atoms with Crippen LogP contribution in [0.15, 0.2) is 18.2 Å². The first-order valence-electron chi connectivity index (χ1n) is 6.09. The Bertz CT molecular complexity index is 561. The van der Waals surface area contributed by atoms with Crippen molar-refractivity contribution in [2.24, 2.45) is 0 Å². The summed E-state index contributed by atoms with van der Waals surface area (Å²) in [4.78, 5) is 20.9. The second kappa shape index (κ2) is 5.08. The first-order valence-corrected chi connectivity index (χ1v) is 6.09. The highest BCUT2D eigenvalue weighted by atomic mass is 16.2. The normalized spacial score (nSPS) is 10.6. The number of imidazole rings is 1. The number of nitrogens with zero attached hydrogens (tertiary/aromatic N) is 2. The van der Waals surface area contributed by atoms with E-state index in [4.69, 9.17) is 0 Å². The molecule has 1 heterocycles. The van der Waals surface area contributed by atoms with Crippen LogP contribution < -0.4 is 10.2 Å². The molecule has 0 atom stereocenters. The zero-order chi connectivity index (χ0) is 13.1. The molecule has 0 radical (unpaired) electrons. The first kappa shape index (κ1) is 12.4. The van der Waals surface area contributed by atoms with Crippen LogP contribution in [0, 0.1) is 6.92 Å². The van der Waals surface area contributed by atoms with E-state index in [1.807, 2.05) is 32.0 Å². The Morgan fingerprint density at radius 2 is 2.28 bits per heavy atom. The van der Waals surface area contributed by atoms with Gasteiger partial charge < -0.3 is 10.3 Å². The summed E-state index contributed by atoms with van der Waals surface area (Å²) in [6.07, 6.45) is 0.929. The molecule has 5 heteroatoms. The van der Waals surface area contributed by atoms with Crippen LogP contribution in [0.1, 0.15) is 19.2 Å². The fraction of sp³-hybridized carbons (Fsp3) is 0.385. The summed E-state index contributed by atoms with van der Waals surface area (Å²) in [6.45, 7) is 4.63. The van der Waals surface area contributed by atoms with Crippen molar-refractivity contribution in [1.29, 1.82) is 0 Å². The summed E-state index contributed by atoms with van der Waals surface area (Å²) < 4.78 is 0. The van der Waals surface area contributed by atoms with Gasteiger partial charge in [0.2, 0.25) is 0 Å². The monoisotopic (exact) mass is 246 g/mol. The molecule has 0 aliphatic rings. The second-order valence-corrected chi connectivity index (χ2v) is 4.31. The number of nitrogens with one attached hydrogen (secondary N) is 2. The van der Waals surface area contributed by atoms with Crippen LogP contribution in [0.5, 0.6) is 0 Å². The minimum atomic E-state index is -0.0903. The Morgan fingerprint density at radius 3 is 3.00 bits per heavy atom. The van der Waals surface area contributed by atoms with Crippen LogP contribution in [-0.2, 0) is 0 Å². The Morgan fingerprint density at radius 1 is 1.50 bits per heavy atom. The number of aromatic amines is 1. The number of hydrogen-bond acceptors (Lipinski definition) is 2. The molecule has 0 fully saturated rings. The number of rotatable bonds is 3. The Labute approximate surface area is 106 Å². The topological polar surface area (TPSA) is 61.0 Å². The smallest absolute Gasteiger partial charge is 0.321 e. The number of anilines is 1. The Balaban J connectivity index is 2.21. The van der Waals surface area contributed by atoms with E-state index in [0.29, 0.717) is 6.54 Å². The molecule has 0 spiro atoms. The molecule has 0 aliphatic carbocycles.